The van der Waals surface area contributed by atoms with E-state index in [2.05, 4.69) is 33.5 Å². The Labute approximate surface area is 113 Å². The molecular weight excluding hydrogens is 236 g/mol. The molecule has 1 aromatic carbocycles. The van der Waals surface area contributed by atoms with Crippen molar-refractivity contribution in [2.75, 3.05) is 6.54 Å². The van der Waals surface area contributed by atoms with Gasteiger partial charge in [0.25, 0.3) is 0 Å². The number of nitrogens with zero attached hydrogens (tertiary/aromatic N) is 1. The van der Waals surface area contributed by atoms with Crippen LogP contribution in [0.15, 0.2) is 35.3 Å². The summed E-state index contributed by atoms with van der Waals surface area (Å²) >= 11 is 0. The van der Waals surface area contributed by atoms with Gasteiger partial charge in [0.2, 0.25) is 0 Å². The fourth-order valence-corrected chi connectivity index (χ4v) is 2.39. The van der Waals surface area contributed by atoms with Crippen LogP contribution in [-0.2, 0) is 6.54 Å². The maximum atomic E-state index is 5.87. The molecule has 1 fully saturated rings. The van der Waals surface area contributed by atoms with Crippen molar-refractivity contribution in [2.24, 2.45) is 16.6 Å². The van der Waals surface area contributed by atoms with E-state index in [9.17, 15) is 0 Å². The highest BCUT2D eigenvalue weighted by Crippen LogP contribution is 2.25. The van der Waals surface area contributed by atoms with Crippen LogP contribution in [-0.4, -0.2) is 17.5 Å². The molecule has 0 bridgehead atoms. The first-order valence-electron chi connectivity index (χ1n) is 6.92. The standard InChI is InChI=1S/C15H20N4/c16-15(17-9-11-4-3-5-11)18-10-13-8-12-6-1-2-7-14(12)19-13/h1-2,6-8,11,19H,3-5,9-10H2,(H3,16,17,18). The van der Waals surface area contributed by atoms with Gasteiger partial charge in [0, 0.05) is 17.8 Å². The normalized spacial score (nSPS) is 16.5. The SMILES string of the molecule is NC(=NCc1cc2ccccc2[nH]1)NCC1CCC1. The van der Waals surface area contributed by atoms with Crippen LogP contribution < -0.4 is 11.1 Å². The quantitative estimate of drug-likeness (QED) is 0.581. The number of hydrogen-bond acceptors (Lipinski definition) is 1. The van der Waals surface area contributed by atoms with Gasteiger partial charge in [0.1, 0.15) is 0 Å². The number of H-pyrrole nitrogens is 1. The lowest BCUT2D eigenvalue weighted by Gasteiger charge is -2.25. The predicted octanol–water partition coefficient (Wildman–Crippen LogP) is 2.37. The second-order valence-electron chi connectivity index (χ2n) is 5.26. The maximum absolute atomic E-state index is 5.87. The Bertz CT molecular complexity index is 548. The number of rotatable bonds is 4. The number of benzene rings is 1. The van der Waals surface area contributed by atoms with E-state index in [-0.39, 0.29) is 0 Å². The lowest BCUT2D eigenvalue weighted by molar-refractivity contribution is 0.315. The number of aromatic amines is 1. The zero-order valence-corrected chi connectivity index (χ0v) is 11.0. The molecule has 1 saturated carbocycles. The molecule has 0 saturated heterocycles. The molecule has 0 unspecified atom stereocenters. The molecule has 2 aromatic rings. The first kappa shape index (κ1) is 12.1. The van der Waals surface area contributed by atoms with Crippen molar-refractivity contribution in [3.05, 3.63) is 36.0 Å². The molecule has 0 amide bonds. The summed E-state index contributed by atoms with van der Waals surface area (Å²) in [6, 6.07) is 10.4. The van der Waals surface area contributed by atoms with Gasteiger partial charge in [0.05, 0.1) is 6.54 Å². The van der Waals surface area contributed by atoms with Gasteiger partial charge in [-0.2, -0.15) is 0 Å². The van der Waals surface area contributed by atoms with Gasteiger partial charge in [-0.1, -0.05) is 24.6 Å². The number of guanidine groups is 1. The van der Waals surface area contributed by atoms with Crippen LogP contribution in [0.2, 0.25) is 0 Å². The minimum absolute atomic E-state index is 0.547. The molecule has 19 heavy (non-hydrogen) atoms. The van der Waals surface area contributed by atoms with Crippen LogP contribution in [0.1, 0.15) is 25.0 Å². The molecule has 1 aromatic heterocycles. The Morgan fingerprint density at radius 2 is 2.21 bits per heavy atom. The number of aliphatic imine (C=N–C) groups is 1. The number of para-hydroxylation sites is 1. The van der Waals surface area contributed by atoms with Gasteiger partial charge in [-0.25, -0.2) is 4.99 Å². The van der Waals surface area contributed by atoms with Gasteiger partial charge in [-0.3, -0.25) is 0 Å². The summed E-state index contributed by atoms with van der Waals surface area (Å²) in [5.41, 5.74) is 8.11. The number of nitrogens with one attached hydrogen (secondary N) is 2. The summed E-state index contributed by atoms with van der Waals surface area (Å²) in [6.45, 7) is 1.56. The zero-order chi connectivity index (χ0) is 13.1. The third kappa shape index (κ3) is 2.89. The largest absolute Gasteiger partial charge is 0.370 e. The second-order valence-corrected chi connectivity index (χ2v) is 5.26. The second kappa shape index (κ2) is 5.34. The number of fused-ring (bicyclic) bond motifs is 1. The third-order valence-corrected chi connectivity index (χ3v) is 3.80. The summed E-state index contributed by atoms with van der Waals surface area (Å²) in [5, 5.41) is 4.42. The van der Waals surface area contributed by atoms with E-state index in [1.165, 1.54) is 24.6 Å². The summed E-state index contributed by atoms with van der Waals surface area (Å²) in [5.74, 6) is 1.34. The average molecular weight is 256 g/mol. The Hall–Kier alpha value is -1.97. The molecule has 4 N–H and O–H groups in total. The summed E-state index contributed by atoms with van der Waals surface area (Å²) in [6.07, 6.45) is 4.00. The van der Waals surface area contributed by atoms with Crippen LogP contribution in [0.25, 0.3) is 10.9 Å². The van der Waals surface area contributed by atoms with Crippen molar-refractivity contribution in [1.29, 1.82) is 0 Å². The highest BCUT2D eigenvalue weighted by molar-refractivity contribution is 5.80. The molecule has 3 rings (SSSR count). The highest BCUT2D eigenvalue weighted by Gasteiger charge is 2.16. The summed E-state index contributed by atoms with van der Waals surface area (Å²) in [4.78, 5) is 7.72. The Morgan fingerprint density at radius 3 is 2.95 bits per heavy atom. The van der Waals surface area contributed by atoms with Crippen molar-refractivity contribution in [2.45, 2.75) is 25.8 Å². The number of aromatic nitrogens is 1. The van der Waals surface area contributed by atoms with Crippen LogP contribution in [0.3, 0.4) is 0 Å². The average Bonchev–Trinajstić information content (AvgIpc) is 2.77. The molecule has 0 radical (unpaired) electrons. The number of nitrogens with two attached hydrogens (primary N) is 1. The van der Waals surface area contributed by atoms with E-state index in [0.717, 1.165) is 23.7 Å². The minimum Gasteiger partial charge on any atom is -0.370 e. The van der Waals surface area contributed by atoms with E-state index < -0.39 is 0 Å². The van der Waals surface area contributed by atoms with E-state index in [0.29, 0.717) is 12.5 Å². The third-order valence-electron chi connectivity index (χ3n) is 3.80. The first-order valence-corrected chi connectivity index (χ1v) is 6.92. The van der Waals surface area contributed by atoms with Crippen LogP contribution >= 0.6 is 0 Å². The van der Waals surface area contributed by atoms with Gasteiger partial charge < -0.3 is 16.0 Å². The fraction of sp³-hybridized carbons (Fsp3) is 0.400. The zero-order valence-electron chi connectivity index (χ0n) is 11.0. The van der Waals surface area contributed by atoms with Crippen molar-refractivity contribution in [3.8, 4) is 0 Å². The van der Waals surface area contributed by atoms with Crippen molar-refractivity contribution < 1.29 is 0 Å². The molecule has 4 nitrogen and oxygen atoms in total. The van der Waals surface area contributed by atoms with Crippen LogP contribution in [0.4, 0.5) is 0 Å². The summed E-state index contributed by atoms with van der Waals surface area (Å²) in [7, 11) is 0. The van der Waals surface area contributed by atoms with Crippen molar-refractivity contribution in [3.63, 3.8) is 0 Å². The monoisotopic (exact) mass is 256 g/mol. The minimum atomic E-state index is 0.547. The predicted molar refractivity (Wildman–Crippen MR) is 79.0 cm³/mol. The Balaban J connectivity index is 1.57. The maximum Gasteiger partial charge on any atom is 0.188 e. The molecule has 100 valence electrons. The Morgan fingerprint density at radius 1 is 1.37 bits per heavy atom. The van der Waals surface area contributed by atoms with Gasteiger partial charge in [-0.05, 0) is 36.3 Å². The molecule has 1 aliphatic carbocycles. The van der Waals surface area contributed by atoms with Gasteiger partial charge in [-0.15, -0.1) is 0 Å². The van der Waals surface area contributed by atoms with Crippen LogP contribution in [0, 0.1) is 5.92 Å². The van der Waals surface area contributed by atoms with Crippen molar-refractivity contribution >= 4 is 16.9 Å². The topological polar surface area (TPSA) is 66.2 Å². The lowest BCUT2D eigenvalue weighted by Crippen LogP contribution is -2.37. The molecule has 0 aliphatic heterocycles. The smallest absolute Gasteiger partial charge is 0.188 e. The molecule has 1 aliphatic rings. The lowest BCUT2D eigenvalue weighted by atomic mass is 9.85. The van der Waals surface area contributed by atoms with E-state index in [1.54, 1.807) is 0 Å². The first-order chi connectivity index (χ1) is 9.31. The molecular formula is C15H20N4. The summed E-state index contributed by atoms with van der Waals surface area (Å²) < 4.78 is 0. The van der Waals surface area contributed by atoms with Crippen molar-refractivity contribution in [1.82, 2.24) is 10.3 Å². The van der Waals surface area contributed by atoms with E-state index in [4.69, 9.17) is 5.73 Å². The number of hydrogen-bond donors (Lipinski definition) is 3. The van der Waals surface area contributed by atoms with E-state index >= 15 is 0 Å². The Kier molecular flexibility index (Phi) is 3.40. The fourth-order valence-electron chi connectivity index (χ4n) is 2.39. The van der Waals surface area contributed by atoms with E-state index in [1.807, 2.05) is 12.1 Å². The highest BCUT2D eigenvalue weighted by atomic mass is 15.1. The molecule has 0 spiro atoms. The van der Waals surface area contributed by atoms with Crippen LogP contribution in [0.5, 0.6) is 0 Å². The van der Waals surface area contributed by atoms with Gasteiger partial charge >= 0.3 is 0 Å². The molecule has 0 atom stereocenters. The molecule has 4 heteroatoms. The van der Waals surface area contributed by atoms with Gasteiger partial charge in [0.15, 0.2) is 5.96 Å². The molecule has 1 heterocycles.